The van der Waals surface area contributed by atoms with Gasteiger partial charge < -0.3 is 0 Å². The first-order valence-corrected chi connectivity index (χ1v) is 7.08. The van der Waals surface area contributed by atoms with Gasteiger partial charge in [0.15, 0.2) is 0 Å². The van der Waals surface area contributed by atoms with Gasteiger partial charge in [-0.25, -0.2) is 0 Å². The molecule has 0 aliphatic heterocycles. The van der Waals surface area contributed by atoms with Gasteiger partial charge in [0, 0.05) is 0 Å². The van der Waals surface area contributed by atoms with Crippen LogP contribution in [0.1, 0.15) is 0 Å². The van der Waals surface area contributed by atoms with Gasteiger partial charge in [-0.2, -0.15) is 0 Å². The molecule has 3 heteroatoms. The minimum absolute atomic E-state index is 0.325. The number of rotatable bonds is 2. The molecule has 0 spiro atoms. The molecular weight excluding hydrogens is 277 g/mol. The van der Waals surface area contributed by atoms with Crippen molar-refractivity contribution >= 4 is 24.3 Å². The third kappa shape index (κ3) is 1.99. The molecule has 0 saturated heterocycles. The number of aromatic nitrogens is 1. The summed E-state index contributed by atoms with van der Waals surface area (Å²) in [5.74, 6) is 0.886. The zero-order chi connectivity index (χ0) is 11.7. The summed E-state index contributed by atoms with van der Waals surface area (Å²) < 4.78 is 7.72. The fraction of sp³-hybridized carbons (Fsp3) is 0.0714. The van der Waals surface area contributed by atoms with E-state index in [9.17, 15) is 0 Å². The molecule has 0 aliphatic carbocycles. The Morgan fingerprint density at radius 2 is 1.76 bits per heavy atom. The second kappa shape index (κ2) is 4.36. The Bertz CT molecular complexity index is 610. The number of nitrogens with zero attached hydrogens (tertiary/aromatic N) is 1. The average Bonchev–Trinajstić information content (AvgIpc) is 2.82. The Morgan fingerprint density at radius 1 is 1.00 bits per heavy atom. The van der Waals surface area contributed by atoms with Crippen molar-refractivity contribution in [2.45, 2.75) is 0 Å². The number of methoxy groups -OCH3 is 1. The van der Waals surface area contributed by atoms with Crippen LogP contribution >= 0.6 is 0 Å². The Labute approximate surface area is 106 Å². The molecule has 2 nitrogen and oxygen atoms in total. The summed E-state index contributed by atoms with van der Waals surface area (Å²) in [4.78, 5) is 4.68. The molecule has 3 aromatic rings. The van der Waals surface area contributed by atoms with E-state index in [4.69, 9.17) is 4.74 Å². The normalized spacial score (nSPS) is 10.6. The number of fused-ring (bicyclic) bond motifs is 1. The van der Waals surface area contributed by atoms with Gasteiger partial charge in [-0.15, -0.1) is 0 Å². The van der Waals surface area contributed by atoms with Crippen LogP contribution in [0.15, 0.2) is 48.5 Å². The fourth-order valence-electron chi connectivity index (χ4n) is 1.73. The molecule has 0 saturated carbocycles. The molecule has 0 atom stereocenters. The van der Waals surface area contributed by atoms with Crippen LogP contribution in [-0.2, 0) is 0 Å². The summed E-state index contributed by atoms with van der Waals surface area (Å²) in [5, 5.41) is 0. The average molecular weight is 288 g/mol. The van der Waals surface area contributed by atoms with Gasteiger partial charge in [-0.05, 0) is 0 Å². The van der Waals surface area contributed by atoms with E-state index in [0.717, 1.165) is 11.3 Å². The van der Waals surface area contributed by atoms with Gasteiger partial charge >= 0.3 is 106 Å². The molecule has 84 valence electrons. The van der Waals surface area contributed by atoms with E-state index in [-0.39, 0.29) is 0 Å². The first-order chi connectivity index (χ1) is 8.36. The summed E-state index contributed by atoms with van der Waals surface area (Å²) in [7, 11) is 1.68. The molecule has 0 radical (unpaired) electrons. The molecule has 0 aliphatic rings. The van der Waals surface area contributed by atoms with E-state index >= 15 is 0 Å². The maximum atomic E-state index is 5.16. The number of benzene rings is 2. The number of para-hydroxylation sites is 1. The third-order valence-corrected chi connectivity index (χ3v) is 4.91. The van der Waals surface area contributed by atoms with Crippen molar-refractivity contribution in [2.24, 2.45) is 0 Å². The van der Waals surface area contributed by atoms with Gasteiger partial charge in [-0.3, -0.25) is 0 Å². The molecule has 17 heavy (non-hydrogen) atoms. The van der Waals surface area contributed by atoms with Crippen LogP contribution in [0.4, 0.5) is 0 Å². The maximum absolute atomic E-state index is 5.16. The summed E-state index contributed by atoms with van der Waals surface area (Å²) in [6, 6.07) is 16.5. The van der Waals surface area contributed by atoms with Crippen LogP contribution in [0.3, 0.4) is 0 Å². The molecular formula is C14H11NOSe. The van der Waals surface area contributed by atoms with E-state index in [1.807, 2.05) is 18.2 Å². The topological polar surface area (TPSA) is 22.1 Å². The summed E-state index contributed by atoms with van der Waals surface area (Å²) in [5.41, 5.74) is 2.32. The molecule has 0 N–H and O–H groups in total. The molecule has 0 amide bonds. The molecule has 1 heterocycles. The Morgan fingerprint density at radius 3 is 2.47 bits per heavy atom. The second-order valence-corrected chi connectivity index (χ2v) is 5.88. The molecule has 2 aromatic carbocycles. The Balaban J connectivity index is 2.07. The van der Waals surface area contributed by atoms with Crippen LogP contribution in [-0.4, -0.2) is 26.6 Å². The fourth-order valence-corrected chi connectivity index (χ4v) is 3.77. The molecule has 0 fully saturated rings. The van der Waals surface area contributed by atoms with Crippen LogP contribution in [0.5, 0.6) is 5.75 Å². The van der Waals surface area contributed by atoms with E-state index in [2.05, 4.69) is 35.3 Å². The van der Waals surface area contributed by atoms with E-state index in [1.165, 1.54) is 14.4 Å². The summed E-state index contributed by atoms with van der Waals surface area (Å²) >= 11 is 0.325. The Kier molecular flexibility index (Phi) is 2.71. The molecule has 0 bridgehead atoms. The quantitative estimate of drug-likeness (QED) is 0.676. The van der Waals surface area contributed by atoms with Gasteiger partial charge in [-0.1, -0.05) is 0 Å². The van der Waals surface area contributed by atoms with Gasteiger partial charge in [0.25, 0.3) is 0 Å². The molecule has 3 rings (SSSR count). The summed E-state index contributed by atoms with van der Waals surface area (Å²) in [6.45, 7) is 0. The van der Waals surface area contributed by atoms with Crippen molar-refractivity contribution in [3.8, 4) is 15.9 Å². The van der Waals surface area contributed by atoms with Crippen LogP contribution < -0.4 is 4.74 Å². The van der Waals surface area contributed by atoms with E-state index in [1.54, 1.807) is 7.11 Å². The number of ether oxygens (including phenoxy) is 1. The minimum atomic E-state index is 0.325. The third-order valence-electron chi connectivity index (χ3n) is 2.63. The van der Waals surface area contributed by atoms with Crippen LogP contribution in [0.2, 0.25) is 0 Å². The Hall–Kier alpha value is -1.57. The van der Waals surface area contributed by atoms with Crippen molar-refractivity contribution in [1.82, 2.24) is 4.98 Å². The van der Waals surface area contributed by atoms with Crippen LogP contribution in [0.25, 0.3) is 19.9 Å². The van der Waals surface area contributed by atoms with Crippen molar-refractivity contribution in [3.63, 3.8) is 0 Å². The van der Waals surface area contributed by atoms with Crippen molar-refractivity contribution < 1.29 is 4.74 Å². The molecule has 0 unspecified atom stereocenters. The van der Waals surface area contributed by atoms with E-state index < -0.39 is 0 Å². The SMILES string of the molecule is COc1ccc(-c2nc3ccccc3[se]2)cc1. The summed E-state index contributed by atoms with van der Waals surface area (Å²) in [6.07, 6.45) is 0. The van der Waals surface area contributed by atoms with Crippen LogP contribution in [0, 0.1) is 0 Å². The monoisotopic (exact) mass is 289 g/mol. The second-order valence-electron chi connectivity index (χ2n) is 3.72. The van der Waals surface area contributed by atoms with E-state index in [0.29, 0.717) is 14.5 Å². The molecule has 1 aromatic heterocycles. The van der Waals surface area contributed by atoms with Gasteiger partial charge in [0.1, 0.15) is 0 Å². The first kappa shape index (κ1) is 10.6. The zero-order valence-corrected chi connectivity index (χ0v) is 11.1. The van der Waals surface area contributed by atoms with Crippen molar-refractivity contribution in [1.29, 1.82) is 0 Å². The van der Waals surface area contributed by atoms with Crippen molar-refractivity contribution in [2.75, 3.05) is 7.11 Å². The van der Waals surface area contributed by atoms with Gasteiger partial charge in [0.2, 0.25) is 0 Å². The van der Waals surface area contributed by atoms with Gasteiger partial charge in [0.05, 0.1) is 0 Å². The number of hydrogen-bond donors (Lipinski definition) is 0. The zero-order valence-electron chi connectivity index (χ0n) is 9.38. The predicted octanol–water partition coefficient (Wildman–Crippen LogP) is 2.97. The van der Waals surface area contributed by atoms with Crippen molar-refractivity contribution in [3.05, 3.63) is 48.5 Å². The number of hydrogen-bond acceptors (Lipinski definition) is 2. The first-order valence-electron chi connectivity index (χ1n) is 5.37. The predicted molar refractivity (Wildman–Crippen MR) is 70.7 cm³/mol. The standard InChI is InChI=1S/C14H11NOSe/c1-16-11-8-6-10(7-9-11)14-15-12-4-2-3-5-13(12)17-14/h2-9H,1H3.